The molecule has 0 saturated heterocycles. The van der Waals surface area contributed by atoms with Gasteiger partial charge < -0.3 is 9.47 Å². The second-order valence-corrected chi connectivity index (χ2v) is 5.42. The fourth-order valence-electron chi connectivity index (χ4n) is 1.90. The minimum Gasteiger partial charge on any atom is -0.491 e. The first-order valence-corrected chi connectivity index (χ1v) is 6.59. The van der Waals surface area contributed by atoms with Crippen LogP contribution in [-0.4, -0.2) is 19.3 Å². The number of rotatable bonds is 2. The number of halogens is 1. The second kappa shape index (κ2) is 5.19. The molecule has 0 aromatic heterocycles. The van der Waals surface area contributed by atoms with E-state index >= 15 is 0 Å². The van der Waals surface area contributed by atoms with Gasteiger partial charge >= 0.3 is 0 Å². The van der Waals surface area contributed by atoms with Gasteiger partial charge in [-0.3, -0.25) is 0 Å². The molecule has 1 aliphatic rings. The van der Waals surface area contributed by atoms with E-state index in [0.29, 0.717) is 0 Å². The van der Waals surface area contributed by atoms with E-state index in [9.17, 15) is 0 Å². The summed E-state index contributed by atoms with van der Waals surface area (Å²) in [6.45, 7) is 5.62. The topological polar surface area (TPSA) is 18.5 Å². The van der Waals surface area contributed by atoms with Crippen molar-refractivity contribution in [1.82, 2.24) is 0 Å². The van der Waals surface area contributed by atoms with Gasteiger partial charge in [-0.2, -0.15) is 0 Å². The van der Waals surface area contributed by atoms with Crippen molar-refractivity contribution in [2.45, 2.75) is 31.2 Å². The summed E-state index contributed by atoms with van der Waals surface area (Å²) < 4.78 is 11.2. The van der Waals surface area contributed by atoms with Gasteiger partial charge in [-0.05, 0) is 43.5 Å². The van der Waals surface area contributed by atoms with E-state index in [2.05, 4.69) is 28.1 Å². The Morgan fingerprint density at radius 2 is 2.25 bits per heavy atom. The lowest BCUT2D eigenvalue weighted by Crippen LogP contribution is -2.06. The molecule has 0 radical (unpaired) electrons. The van der Waals surface area contributed by atoms with Crippen molar-refractivity contribution in [1.29, 1.82) is 0 Å². The van der Waals surface area contributed by atoms with Crippen molar-refractivity contribution in [3.63, 3.8) is 0 Å². The van der Waals surface area contributed by atoms with Gasteiger partial charge in [0.1, 0.15) is 5.75 Å². The molecule has 1 unspecified atom stereocenters. The number of alkyl halides is 1. The summed E-state index contributed by atoms with van der Waals surface area (Å²) in [6, 6.07) is 6.32. The summed E-state index contributed by atoms with van der Waals surface area (Å²) in [4.78, 5) is 0.278. The highest BCUT2D eigenvalue weighted by Crippen LogP contribution is 2.32. The van der Waals surface area contributed by atoms with E-state index in [0.717, 1.165) is 25.4 Å². The van der Waals surface area contributed by atoms with Crippen molar-refractivity contribution in [2.75, 3.05) is 13.2 Å². The summed E-state index contributed by atoms with van der Waals surface area (Å²) in [5.41, 5.74) is 2.66. The number of benzene rings is 1. The number of ether oxygens (including phenoxy) is 2. The van der Waals surface area contributed by atoms with Gasteiger partial charge in [0.25, 0.3) is 0 Å². The average molecular weight is 285 g/mol. The minimum absolute atomic E-state index is 0.217. The molecule has 0 fully saturated rings. The van der Waals surface area contributed by atoms with Gasteiger partial charge in [0.15, 0.2) is 0 Å². The Morgan fingerprint density at radius 3 is 3.00 bits per heavy atom. The van der Waals surface area contributed by atoms with Crippen LogP contribution in [0.1, 0.15) is 29.8 Å². The zero-order valence-electron chi connectivity index (χ0n) is 9.70. The van der Waals surface area contributed by atoms with Crippen LogP contribution in [0.2, 0.25) is 0 Å². The molecule has 0 N–H and O–H groups in total. The summed E-state index contributed by atoms with van der Waals surface area (Å²) in [7, 11) is 0. The number of hydrogen-bond acceptors (Lipinski definition) is 2. The van der Waals surface area contributed by atoms with Crippen LogP contribution in [0.3, 0.4) is 0 Å². The molecule has 1 aromatic rings. The normalized spacial score (nSPS) is 20.4. The maximum absolute atomic E-state index is 5.71. The van der Waals surface area contributed by atoms with Gasteiger partial charge in [0.05, 0.1) is 24.1 Å². The van der Waals surface area contributed by atoms with Gasteiger partial charge in [-0.25, -0.2) is 0 Å². The van der Waals surface area contributed by atoms with E-state index in [1.165, 1.54) is 11.1 Å². The smallest absolute Gasteiger partial charge is 0.120 e. The van der Waals surface area contributed by atoms with Crippen molar-refractivity contribution in [3.8, 4) is 5.75 Å². The maximum atomic E-state index is 5.71. The highest BCUT2D eigenvalue weighted by molar-refractivity contribution is 9.09. The predicted octanol–water partition coefficient (Wildman–Crippen LogP) is 3.48. The maximum Gasteiger partial charge on any atom is 0.120 e. The Hall–Kier alpha value is -0.540. The lowest BCUT2D eigenvalue weighted by Gasteiger charge is -2.14. The molecule has 2 nitrogen and oxygen atoms in total. The lowest BCUT2D eigenvalue weighted by molar-refractivity contribution is 0.146. The van der Waals surface area contributed by atoms with Crippen LogP contribution in [0.15, 0.2) is 18.2 Å². The third kappa shape index (κ3) is 2.77. The Bertz CT molecular complexity index is 363. The van der Waals surface area contributed by atoms with Crippen molar-refractivity contribution in [3.05, 3.63) is 29.3 Å². The molecule has 0 aliphatic carbocycles. The van der Waals surface area contributed by atoms with Crippen LogP contribution in [0.5, 0.6) is 5.75 Å². The molecule has 1 atom stereocenters. The van der Waals surface area contributed by atoms with Gasteiger partial charge in [-0.15, -0.1) is 0 Å². The van der Waals surface area contributed by atoms with Crippen LogP contribution in [0.25, 0.3) is 0 Å². The molecule has 1 aromatic carbocycles. The van der Waals surface area contributed by atoms with Crippen LogP contribution in [0, 0.1) is 0 Å². The number of hydrogen-bond donors (Lipinski definition) is 0. The third-order valence-electron chi connectivity index (χ3n) is 2.61. The predicted molar refractivity (Wildman–Crippen MR) is 68.4 cm³/mol. The first-order chi connectivity index (χ1) is 7.66. The van der Waals surface area contributed by atoms with Crippen LogP contribution >= 0.6 is 15.9 Å². The molecule has 0 spiro atoms. The molecule has 3 heteroatoms. The van der Waals surface area contributed by atoms with Gasteiger partial charge in [-0.1, -0.05) is 22.0 Å². The molecule has 0 saturated carbocycles. The molecular weight excluding hydrogens is 268 g/mol. The fraction of sp³-hybridized carbons (Fsp3) is 0.538. The SMILES string of the molecule is CC(C)Oc1ccc2c(c1)C(Br)COCC2. The Balaban J connectivity index is 2.28. The highest BCUT2D eigenvalue weighted by atomic mass is 79.9. The molecule has 1 heterocycles. The zero-order valence-corrected chi connectivity index (χ0v) is 11.3. The summed E-state index contributed by atoms with van der Waals surface area (Å²) in [5.74, 6) is 0.945. The molecule has 88 valence electrons. The average Bonchev–Trinajstić information content (AvgIpc) is 2.41. The van der Waals surface area contributed by atoms with Crippen LogP contribution in [0.4, 0.5) is 0 Å². The first-order valence-electron chi connectivity index (χ1n) is 5.68. The van der Waals surface area contributed by atoms with Crippen LogP contribution in [-0.2, 0) is 11.2 Å². The van der Waals surface area contributed by atoms with Crippen molar-refractivity contribution in [2.24, 2.45) is 0 Å². The Morgan fingerprint density at radius 1 is 1.44 bits per heavy atom. The fourth-order valence-corrected chi connectivity index (χ4v) is 2.51. The summed E-state index contributed by atoms with van der Waals surface area (Å²) in [6.07, 6.45) is 1.20. The van der Waals surface area contributed by atoms with Crippen molar-refractivity contribution < 1.29 is 9.47 Å². The second-order valence-electron chi connectivity index (χ2n) is 4.32. The Kier molecular flexibility index (Phi) is 3.87. The standard InChI is InChI=1S/C13H17BrO2/c1-9(2)16-11-4-3-10-5-6-15-8-13(14)12(10)7-11/h3-4,7,9,13H,5-6,8H2,1-2H3. The summed E-state index contributed by atoms with van der Waals surface area (Å²) in [5, 5.41) is 0. The molecular formula is C13H17BrO2. The lowest BCUT2D eigenvalue weighted by atomic mass is 10.0. The number of fused-ring (bicyclic) bond motifs is 1. The van der Waals surface area contributed by atoms with E-state index in [4.69, 9.17) is 9.47 Å². The van der Waals surface area contributed by atoms with Crippen LogP contribution < -0.4 is 4.74 Å². The van der Waals surface area contributed by atoms with E-state index in [-0.39, 0.29) is 10.9 Å². The monoisotopic (exact) mass is 284 g/mol. The molecule has 0 amide bonds. The molecule has 16 heavy (non-hydrogen) atoms. The largest absolute Gasteiger partial charge is 0.491 e. The van der Waals surface area contributed by atoms with E-state index in [1.54, 1.807) is 0 Å². The van der Waals surface area contributed by atoms with Gasteiger partial charge in [0, 0.05) is 0 Å². The molecule has 2 rings (SSSR count). The van der Waals surface area contributed by atoms with E-state index < -0.39 is 0 Å². The zero-order chi connectivity index (χ0) is 11.5. The van der Waals surface area contributed by atoms with Crippen molar-refractivity contribution >= 4 is 15.9 Å². The first kappa shape index (κ1) is 11.9. The van der Waals surface area contributed by atoms with E-state index in [1.807, 2.05) is 19.9 Å². The minimum atomic E-state index is 0.217. The highest BCUT2D eigenvalue weighted by Gasteiger charge is 2.17. The summed E-state index contributed by atoms with van der Waals surface area (Å²) >= 11 is 3.66. The third-order valence-corrected chi connectivity index (χ3v) is 3.36. The van der Waals surface area contributed by atoms with Gasteiger partial charge in [0.2, 0.25) is 0 Å². The quantitative estimate of drug-likeness (QED) is 0.774. The molecule has 1 aliphatic heterocycles. The Labute approximate surface area is 105 Å². The molecule has 0 bridgehead atoms.